The van der Waals surface area contributed by atoms with Crippen molar-refractivity contribution in [1.82, 2.24) is 4.98 Å². The lowest BCUT2D eigenvalue weighted by Crippen LogP contribution is -2.45. The van der Waals surface area contributed by atoms with Crippen LogP contribution in [0.25, 0.3) is 0 Å². The quantitative estimate of drug-likeness (QED) is 0.850. The Balaban J connectivity index is 2.41. The van der Waals surface area contributed by atoms with Crippen molar-refractivity contribution in [3.05, 3.63) is 48.3 Å². The van der Waals surface area contributed by atoms with Crippen LogP contribution >= 0.6 is 0 Å². The van der Waals surface area contributed by atoms with Gasteiger partial charge in [0, 0.05) is 6.20 Å². The highest BCUT2D eigenvalue weighted by Gasteiger charge is 2.31. The highest BCUT2D eigenvalue weighted by atomic mass is 32.2. The van der Waals surface area contributed by atoms with Crippen molar-refractivity contribution in [3.63, 3.8) is 0 Å². The Morgan fingerprint density at radius 3 is 2.60 bits per heavy atom. The Labute approximate surface area is 147 Å². The van der Waals surface area contributed by atoms with Crippen LogP contribution in [-0.2, 0) is 14.8 Å². The number of hydrogen-bond donors (Lipinski definition) is 1. The number of amides is 1. The fourth-order valence-corrected chi connectivity index (χ4v) is 3.61. The number of benzene rings is 1. The lowest BCUT2D eigenvalue weighted by molar-refractivity contribution is -0.116. The van der Waals surface area contributed by atoms with E-state index < -0.39 is 22.0 Å². The Morgan fingerprint density at radius 1 is 1.32 bits per heavy atom. The predicted octanol–water partition coefficient (Wildman–Crippen LogP) is 2.19. The summed E-state index contributed by atoms with van der Waals surface area (Å²) in [5.74, 6) is -0.0981. The molecule has 1 aromatic heterocycles. The van der Waals surface area contributed by atoms with Gasteiger partial charge < -0.3 is 10.1 Å². The Morgan fingerprint density at radius 2 is 2.04 bits per heavy atom. The van der Waals surface area contributed by atoms with Crippen LogP contribution < -0.4 is 14.4 Å². The maximum absolute atomic E-state index is 12.6. The molecule has 0 aliphatic heterocycles. The maximum atomic E-state index is 12.6. The number of carbonyl (C=O) groups excluding carboxylic acids is 1. The van der Waals surface area contributed by atoms with Gasteiger partial charge in [0.05, 0.1) is 30.9 Å². The van der Waals surface area contributed by atoms with Crippen molar-refractivity contribution in [3.8, 4) is 5.75 Å². The van der Waals surface area contributed by atoms with Crippen molar-refractivity contribution >= 4 is 27.3 Å². The number of methoxy groups -OCH3 is 1. The zero-order valence-electron chi connectivity index (χ0n) is 14.6. The molecule has 25 heavy (non-hydrogen) atoms. The average molecular weight is 363 g/mol. The molecule has 0 fully saturated rings. The lowest BCUT2D eigenvalue weighted by Gasteiger charge is -2.29. The summed E-state index contributed by atoms with van der Waals surface area (Å²) in [5.41, 5.74) is 1.66. The molecule has 0 aliphatic carbocycles. The van der Waals surface area contributed by atoms with Gasteiger partial charge in [-0.1, -0.05) is 6.07 Å². The van der Waals surface area contributed by atoms with E-state index in [1.54, 1.807) is 30.5 Å². The summed E-state index contributed by atoms with van der Waals surface area (Å²) in [7, 11) is -2.27. The number of carbonyl (C=O) groups is 1. The van der Waals surface area contributed by atoms with Gasteiger partial charge in [-0.2, -0.15) is 0 Å². The minimum atomic E-state index is -3.73. The van der Waals surface area contributed by atoms with E-state index in [1.165, 1.54) is 20.2 Å². The molecule has 1 heterocycles. The van der Waals surface area contributed by atoms with E-state index in [9.17, 15) is 13.2 Å². The Bertz CT molecular complexity index is 853. The smallest absolute Gasteiger partial charge is 0.248 e. The molecule has 1 atom stereocenters. The van der Waals surface area contributed by atoms with Crippen molar-refractivity contribution in [1.29, 1.82) is 0 Å². The summed E-state index contributed by atoms with van der Waals surface area (Å²) in [6, 6.07) is 7.53. The first-order chi connectivity index (χ1) is 11.7. The second-order valence-electron chi connectivity index (χ2n) is 5.64. The Kier molecular flexibility index (Phi) is 5.63. The number of ether oxygens (including phenoxy) is 1. The number of rotatable bonds is 6. The van der Waals surface area contributed by atoms with Crippen molar-refractivity contribution in [2.75, 3.05) is 23.0 Å². The number of nitrogens with zero attached hydrogens (tertiary/aromatic N) is 2. The number of aryl methyl sites for hydroxylation is 1. The summed E-state index contributed by atoms with van der Waals surface area (Å²) in [6.45, 7) is 3.36. The summed E-state index contributed by atoms with van der Waals surface area (Å²) in [5, 5.41) is 2.67. The van der Waals surface area contributed by atoms with E-state index >= 15 is 0 Å². The number of aromatic nitrogens is 1. The van der Waals surface area contributed by atoms with Crippen LogP contribution in [0.1, 0.15) is 12.5 Å². The third-order valence-corrected chi connectivity index (χ3v) is 4.82. The van der Waals surface area contributed by atoms with E-state index in [-0.39, 0.29) is 0 Å². The molecule has 1 amide bonds. The third kappa shape index (κ3) is 4.48. The summed E-state index contributed by atoms with van der Waals surface area (Å²) >= 11 is 0. The van der Waals surface area contributed by atoms with E-state index in [0.717, 1.165) is 16.1 Å². The van der Waals surface area contributed by atoms with Crippen LogP contribution in [0.5, 0.6) is 5.75 Å². The first-order valence-electron chi connectivity index (χ1n) is 7.59. The molecule has 134 valence electrons. The number of anilines is 2. The maximum Gasteiger partial charge on any atom is 0.248 e. The molecule has 0 unspecified atom stereocenters. The summed E-state index contributed by atoms with van der Waals surface area (Å²) in [4.78, 5) is 16.5. The molecule has 1 N–H and O–H groups in total. The molecule has 8 heteroatoms. The average Bonchev–Trinajstić information content (AvgIpc) is 2.55. The highest BCUT2D eigenvalue weighted by molar-refractivity contribution is 7.92. The number of hydrogen-bond acceptors (Lipinski definition) is 5. The minimum Gasteiger partial charge on any atom is -0.495 e. The van der Waals surface area contributed by atoms with Crippen LogP contribution in [0.2, 0.25) is 0 Å². The van der Waals surface area contributed by atoms with Crippen molar-refractivity contribution < 1.29 is 17.9 Å². The van der Waals surface area contributed by atoms with Gasteiger partial charge in [0.1, 0.15) is 11.8 Å². The van der Waals surface area contributed by atoms with Gasteiger partial charge in [-0.05, 0) is 43.7 Å². The molecule has 0 saturated heterocycles. The van der Waals surface area contributed by atoms with Crippen LogP contribution in [-0.4, -0.2) is 38.7 Å². The summed E-state index contributed by atoms with van der Waals surface area (Å²) in [6.07, 6.45) is 4.13. The van der Waals surface area contributed by atoms with Gasteiger partial charge >= 0.3 is 0 Å². The number of pyridine rings is 1. The van der Waals surface area contributed by atoms with Crippen molar-refractivity contribution in [2.24, 2.45) is 0 Å². The van der Waals surface area contributed by atoms with Gasteiger partial charge in [-0.3, -0.25) is 14.1 Å². The second-order valence-corrected chi connectivity index (χ2v) is 7.50. The normalized spacial score (nSPS) is 12.3. The first-order valence-corrected chi connectivity index (χ1v) is 9.44. The predicted molar refractivity (Wildman–Crippen MR) is 97.4 cm³/mol. The molecule has 0 spiro atoms. The zero-order chi connectivity index (χ0) is 18.6. The summed E-state index contributed by atoms with van der Waals surface area (Å²) < 4.78 is 31.1. The standard InChI is InChI=1S/C17H21N3O4S/c1-12-7-8-16(24-3)15(10-12)20(25(4,22)23)13(2)17(21)19-14-6-5-9-18-11-14/h5-11,13H,1-4H3,(H,19,21)/t13-/m0/s1. The fraction of sp³-hybridized carbons (Fsp3) is 0.294. The monoisotopic (exact) mass is 363 g/mol. The Hall–Kier alpha value is -2.61. The molecule has 0 aliphatic rings. The molecule has 0 saturated carbocycles. The molecule has 2 rings (SSSR count). The van der Waals surface area contributed by atoms with Crippen LogP contribution in [0.15, 0.2) is 42.7 Å². The molecular weight excluding hydrogens is 342 g/mol. The minimum absolute atomic E-state index is 0.318. The molecule has 0 radical (unpaired) electrons. The topological polar surface area (TPSA) is 88.6 Å². The molecule has 1 aromatic carbocycles. The molecule has 2 aromatic rings. The van der Waals surface area contributed by atoms with Gasteiger partial charge in [0.2, 0.25) is 15.9 Å². The fourth-order valence-electron chi connectivity index (χ4n) is 2.44. The third-order valence-electron chi connectivity index (χ3n) is 3.59. The van der Waals surface area contributed by atoms with Gasteiger partial charge in [0.15, 0.2) is 0 Å². The van der Waals surface area contributed by atoms with E-state index in [2.05, 4.69) is 10.3 Å². The van der Waals surface area contributed by atoms with Crippen LogP contribution in [0, 0.1) is 6.92 Å². The van der Waals surface area contributed by atoms with E-state index in [1.807, 2.05) is 13.0 Å². The lowest BCUT2D eigenvalue weighted by atomic mass is 10.2. The van der Waals surface area contributed by atoms with Crippen molar-refractivity contribution in [2.45, 2.75) is 19.9 Å². The largest absolute Gasteiger partial charge is 0.495 e. The molecule has 0 bridgehead atoms. The zero-order valence-corrected chi connectivity index (χ0v) is 15.4. The number of sulfonamides is 1. The SMILES string of the molecule is COc1ccc(C)cc1N([C@@H](C)C(=O)Nc1cccnc1)S(C)(=O)=O. The van der Waals surface area contributed by atoms with E-state index in [0.29, 0.717) is 17.1 Å². The van der Waals surface area contributed by atoms with Gasteiger partial charge in [-0.15, -0.1) is 0 Å². The second kappa shape index (κ2) is 7.52. The van der Waals surface area contributed by atoms with Gasteiger partial charge in [-0.25, -0.2) is 8.42 Å². The van der Waals surface area contributed by atoms with E-state index in [4.69, 9.17) is 4.74 Å². The van der Waals surface area contributed by atoms with Crippen LogP contribution in [0.4, 0.5) is 11.4 Å². The first kappa shape index (κ1) is 18.7. The molecular formula is C17H21N3O4S. The molecule has 7 nitrogen and oxygen atoms in total. The highest BCUT2D eigenvalue weighted by Crippen LogP contribution is 2.32. The van der Waals surface area contributed by atoms with Crippen LogP contribution in [0.3, 0.4) is 0 Å². The van der Waals surface area contributed by atoms with Gasteiger partial charge in [0.25, 0.3) is 0 Å². The number of nitrogens with one attached hydrogen (secondary N) is 1.